The minimum Gasteiger partial charge on any atom is -0.479 e. The summed E-state index contributed by atoms with van der Waals surface area (Å²) in [7, 11) is 0. The number of hydrogen-bond donors (Lipinski definition) is 2. The van der Waals surface area contributed by atoms with Crippen molar-refractivity contribution >= 4 is 23.2 Å². The lowest BCUT2D eigenvalue weighted by Crippen LogP contribution is -2.33. The highest BCUT2D eigenvalue weighted by molar-refractivity contribution is 7.10. The van der Waals surface area contributed by atoms with E-state index in [1.807, 2.05) is 6.08 Å². The van der Waals surface area contributed by atoms with Crippen molar-refractivity contribution in [1.82, 2.24) is 5.32 Å². The molecule has 0 bridgehead atoms. The SMILES string of the molecule is O=C(CC1C=CCC1)NC(C(=O)O)c1cccs1. The van der Waals surface area contributed by atoms with Crippen molar-refractivity contribution in [2.75, 3.05) is 0 Å². The first kappa shape index (κ1) is 12.8. The van der Waals surface area contributed by atoms with Gasteiger partial charge in [0.1, 0.15) is 0 Å². The van der Waals surface area contributed by atoms with E-state index < -0.39 is 12.0 Å². The van der Waals surface area contributed by atoms with Crippen LogP contribution >= 0.6 is 11.3 Å². The number of thiophene rings is 1. The second-order valence-corrected chi connectivity index (χ2v) is 5.30. The summed E-state index contributed by atoms with van der Waals surface area (Å²) >= 11 is 1.33. The van der Waals surface area contributed by atoms with Crippen LogP contribution in [0.4, 0.5) is 0 Å². The highest BCUT2D eigenvalue weighted by Crippen LogP contribution is 2.22. The average molecular weight is 265 g/mol. The molecule has 0 aromatic carbocycles. The summed E-state index contributed by atoms with van der Waals surface area (Å²) in [6.45, 7) is 0. The van der Waals surface area contributed by atoms with Gasteiger partial charge < -0.3 is 10.4 Å². The van der Waals surface area contributed by atoms with Gasteiger partial charge in [-0.15, -0.1) is 11.3 Å². The van der Waals surface area contributed by atoms with Crippen LogP contribution in [-0.2, 0) is 9.59 Å². The summed E-state index contributed by atoms with van der Waals surface area (Å²) in [6.07, 6.45) is 6.44. The fourth-order valence-electron chi connectivity index (χ4n) is 2.03. The number of aliphatic carboxylic acids is 1. The van der Waals surface area contributed by atoms with Gasteiger partial charge in [0.15, 0.2) is 6.04 Å². The van der Waals surface area contributed by atoms with Crippen molar-refractivity contribution in [3.8, 4) is 0 Å². The molecule has 1 heterocycles. The van der Waals surface area contributed by atoms with Crippen molar-refractivity contribution in [3.63, 3.8) is 0 Å². The first-order valence-electron chi connectivity index (χ1n) is 5.89. The van der Waals surface area contributed by atoms with Gasteiger partial charge in [-0.25, -0.2) is 4.79 Å². The standard InChI is InChI=1S/C13H15NO3S/c15-11(8-9-4-1-2-5-9)14-12(13(16)17)10-6-3-7-18-10/h1,3-4,6-7,9,12H,2,5,8H2,(H,14,15)(H,16,17). The zero-order valence-electron chi connectivity index (χ0n) is 9.83. The van der Waals surface area contributed by atoms with Gasteiger partial charge in [0.25, 0.3) is 0 Å². The molecular weight excluding hydrogens is 250 g/mol. The molecule has 2 rings (SSSR count). The second kappa shape index (κ2) is 5.82. The van der Waals surface area contributed by atoms with Gasteiger partial charge in [-0.3, -0.25) is 4.79 Å². The smallest absolute Gasteiger partial charge is 0.331 e. The molecule has 0 aliphatic heterocycles. The molecule has 0 spiro atoms. The van der Waals surface area contributed by atoms with Crippen molar-refractivity contribution < 1.29 is 14.7 Å². The van der Waals surface area contributed by atoms with Crippen LogP contribution in [0.25, 0.3) is 0 Å². The van der Waals surface area contributed by atoms with E-state index in [9.17, 15) is 9.59 Å². The summed E-state index contributed by atoms with van der Waals surface area (Å²) in [6, 6.07) is 2.57. The maximum absolute atomic E-state index is 11.8. The Morgan fingerprint density at radius 2 is 2.39 bits per heavy atom. The summed E-state index contributed by atoms with van der Waals surface area (Å²) in [4.78, 5) is 23.6. The van der Waals surface area contributed by atoms with Gasteiger partial charge >= 0.3 is 5.97 Å². The number of nitrogens with one attached hydrogen (secondary N) is 1. The number of carbonyl (C=O) groups excluding carboxylic acids is 1. The predicted octanol–water partition coefficient (Wildman–Crippen LogP) is 2.35. The van der Waals surface area contributed by atoms with Gasteiger partial charge in [-0.05, 0) is 30.2 Å². The Bertz CT molecular complexity index is 453. The molecule has 4 nitrogen and oxygen atoms in total. The molecule has 96 valence electrons. The van der Waals surface area contributed by atoms with Gasteiger partial charge in [0, 0.05) is 11.3 Å². The van der Waals surface area contributed by atoms with Crippen molar-refractivity contribution in [3.05, 3.63) is 34.5 Å². The minimum absolute atomic E-state index is 0.202. The predicted molar refractivity (Wildman–Crippen MR) is 69.3 cm³/mol. The van der Waals surface area contributed by atoms with Crippen molar-refractivity contribution in [2.24, 2.45) is 5.92 Å². The molecule has 1 aliphatic rings. The maximum atomic E-state index is 11.8. The van der Waals surface area contributed by atoms with Gasteiger partial charge in [0.2, 0.25) is 5.91 Å². The lowest BCUT2D eigenvalue weighted by molar-refractivity contribution is -0.142. The third-order valence-electron chi connectivity index (χ3n) is 2.94. The quantitative estimate of drug-likeness (QED) is 0.803. The maximum Gasteiger partial charge on any atom is 0.331 e. The van der Waals surface area contributed by atoms with Crippen molar-refractivity contribution in [1.29, 1.82) is 0 Å². The molecule has 0 saturated carbocycles. The zero-order chi connectivity index (χ0) is 13.0. The zero-order valence-corrected chi connectivity index (χ0v) is 10.7. The Morgan fingerprint density at radius 3 is 2.94 bits per heavy atom. The van der Waals surface area contributed by atoms with E-state index in [0.29, 0.717) is 11.3 Å². The molecule has 1 aliphatic carbocycles. The van der Waals surface area contributed by atoms with E-state index in [-0.39, 0.29) is 11.8 Å². The highest BCUT2D eigenvalue weighted by atomic mass is 32.1. The van der Waals surface area contributed by atoms with Gasteiger partial charge in [0.05, 0.1) is 0 Å². The molecule has 1 amide bonds. The van der Waals surface area contributed by atoms with E-state index in [0.717, 1.165) is 12.8 Å². The Labute approximate surface area is 109 Å². The molecule has 18 heavy (non-hydrogen) atoms. The van der Waals surface area contributed by atoms with Crippen LogP contribution in [0.2, 0.25) is 0 Å². The van der Waals surface area contributed by atoms with E-state index in [2.05, 4.69) is 11.4 Å². The number of hydrogen-bond acceptors (Lipinski definition) is 3. The first-order chi connectivity index (χ1) is 8.66. The Morgan fingerprint density at radius 1 is 1.56 bits per heavy atom. The third kappa shape index (κ3) is 3.20. The van der Waals surface area contributed by atoms with Crippen LogP contribution < -0.4 is 5.32 Å². The van der Waals surface area contributed by atoms with Crippen LogP contribution in [0.15, 0.2) is 29.7 Å². The summed E-state index contributed by atoms with van der Waals surface area (Å²) in [5, 5.41) is 13.5. The number of carboxylic acids is 1. The van der Waals surface area contributed by atoms with Crippen LogP contribution in [0.5, 0.6) is 0 Å². The number of rotatable bonds is 5. The highest BCUT2D eigenvalue weighted by Gasteiger charge is 2.24. The van der Waals surface area contributed by atoms with Gasteiger partial charge in [-0.2, -0.15) is 0 Å². The van der Waals surface area contributed by atoms with E-state index >= 15 is 0 Å². The minimum atomic E-state index is -1.02. The molecule has 1 aromatic rings. The molecule has 2 atom stereocenters. The number of allylic oxidation sites excluding steroid dienone is 2. The second-order valence-electron chi connectivity index (χ2n) is 4.32. The molecule has 2 unspecified atom stereocenters. The lowest BCUT2D eigenvalue weighted by Gasteiger charge is -2.14. The fraction of sp³-hybridized carbons (Fsp3) is 0.385. The molecule has 2 N–H and O–H groups in total. The Balaban J connectivity index is 1.94. The topological polar surface area (TPSA) is 66.4 Å². The van der Waals surface area contributed by atoms with Crippen LogP contribution in [0.1, 0.15) is 30.2 Å². The average Bonchev–Trinajstić information content (AvgIpc) is 2.97. The normalized spacial score (nSPS) is 19.7. The molecular formula is C13H15NO3S. The molecule has 0 fully saturated rings. The van der Waals surface area contributed by atoms with Crippen molar-refractivity contribution in [2.45, 2.75) is 25.3 Å². The summed E-state index contributed by atoms with van der Waals surface area (Å²) in [5.74, 6) is -0.970. The molecule has 5 heteroatoms. The third-order valence-corrected chi connectivity index (χ3v) is 3.88. The fourth-order valence-corrected chi connectivity index (χ4v) is 2.80. The largest absolute Gasteiger partial charge is 0.479 e. The Hall–Kier alpha value is -1.62. The molecule has 0 saturated heterocycles. The first-order valence-corrected chi connectivity index (χ1v) is 6.77. The van der Waals surface area contributed by atoms with Crippen LogP contribution in [0, 0.1) is 5.92 Å². The Kier molecular flexibility index (Phi) is 4.15. The van der Waals surface area contributed by atoms with E-state index in [1.165, 1.54) is 11.3 Å². The summed E-state index contributed by atoms with van der Waals surface area (Å²) < 4.78 is 0. The van der Waals surface area contributed by atoms with Crippen LogP contribution in [0.3, 0.4) is 0 Å². The van der Waals surface area contributed by atoms with E-state index in [4.69, 9.17) is 5.11 Å². The molecule has 1 aromatic heterocycles. The van der Waals surface area contributed by atoms with Gasteiger partial charge in [-0.1, -0.05) is 18.2 Å². The monoisotopic (exact) mass is 265 g/mol. The number of amides is 1. The lowest BCUT2D eigenvalue weighted by atomic mass is 10.0. The van der Waals surface area contributed by atoms with Crippen LogP contribution in [-0.4, -0.2) is 17.0 Å². The molecule has 0 radical (unpaired) electrons. The van der Waals surface area contributed by atoms with E-state index in [1.54, 1.807) is 17.5 Å². The number of carboxylic acid groups (broad SMARTS) is 1. The summed E-state index contributed by atoms with van der Waals surface area (Å²) in [5.41, 5.74) is 0. The number of carbonyl (C=O) groups is 2.